The smallest absolute Gasteiger partial charge is 0.338 e. The molecule has 33 heavy (non-hydrogen) atoms. The molecule has 0 aliphatic carbocycles. The molecule has 1 N–H and O–H groups in total. The molecule has 0 fully saturated rings. The van der Waals surface area contributed by atoms with Crippen molar-refractivity contribution in [2.45, 2.75) is 27.0 Å². The maximum atomic E-state index is 13.3. The highest BCUT2D eigenvalue weighted by Gasteiger charge is 2.14. The number of halogens is 3. The van der Waals surface area contributed by atoms with Gasteiger partial charge in [0, 0.05) is 17.8 Å². The zero-order chi connectivity index (χ0) is 23.8. The van der Waals surface area contributed by atoms with Crippen molar-refractivity contribution in [2.24, 2.45) is 0 Å². The van der Waals surface area contributed by atoms with E-state index in [1.165, 1.54) is 12.1 Å². The van der Waals surface area contributed by atoms with E-state index in [0.717, 1.165) is 15.7 Å². The number of ether oxygens (including phenoxy) is 3. The molecule has 0 unspecified atom stereocenters. The Labute approximate surface area is 205 Å². The van der Waals surface area contributed by atoms with E-state index in [-0.39, 0.29) is 12.6 Å². The van der Waals surface area contributed by atoms with Gasteiger partial charge in [0.1, 0.15) is 12.4 Å². The number of hydrogen-bond donors (Lipinski definition) is 1. The lowest BCUT2D eigenvalue weighted by Gasteiger charge is -2.16. The van der Waals surface area contributed by atoms with Crippen molar-refractivity contribution in [3.63, 3.8) is 0 Å². The minimum atomic E-state index is -0.396. The Bertz CT molecular complexity index is 1110. The average Bonchev–Trinajstić information content (AvgIpc) is 2.79. The van der Waals surface area contributed by atoms with Crippen LogP contribution in [0.5, 0.6) is 11.5 Å². The van der Waals surface area contributed by atoms with Gasteiger partial charge in [-0.1, -0.05) is 17.7 Å². The highest BCUT2D eigenvalue weighted by Crippen LogP contribution is 2.38. The summed E-state index contributed by atoms with van der Waals surface area (Å²) >= 11 is 9.67. The first kappa shape index (κ1) is 24.9. The fourth-order valence-electron chi connectivity index (χ4n) is 3.06. The fraction of sp³-hybridized carbons (Fsp3) is 0.240. The Morgan fingerprint density at radius 1 is 1.03 bits per heavy atom. The van der Waals surface area contributed by atoms with E-state index in [1.807, 2.05) is 31.2 Å². The second-order valence-electron chi connectivity index (χ2n) is 7.01. The molecule has 0 saturated heterocycles. The maximum absolute atomic E-state index is 13.3. The molecule has 0 radical (unpaired) electrons. The van der Waals surface area contributed by atoms with Crippen LogP contribution in [0.1, 0.15) is 35.3 Å². The number of carbonyl (C=O) groups is 1. The second-order valence-corrected chi connectivity index (χ2v) is 8.28. The first-order valence-corrected chi connectivity index (χ1v) is 11.6. The predicted octanol–water partition coefficient (Wildman–Crippen LogP) is 7.01. The van der Waals surface area contributed by atoms with Crippen LogP contribution in [0.3, 0.4) is 0 Å². The minimum absolute atomic E-state index is 0.169. The summed E-state index contributed by atoms with van der Waals surface area (Å²) in [4.78, 5) is 11.8. The quantitative estimate of drug-likeness (QED) is 0.283. The summed E-state index contributed by atoms with van der Waals surface area (Å²) in [6, 6.07) is 15.1. The zero-order valence-corrected chi connectivity index (χ0v) is 20.6. The van der Waals surface area contributed by atoms with Crippen LogP contribution in [0.2, 0.25) is 5.02 Å². The lowest BCUT2D eigenvalue weighted by molar-refractivity contribution is 0.0526. The molecule has 0 spiro atoms. The Balaban J connectivity index is 1.70. The lowest BCUT2D eigenvalue weighted by atomic mass is 10.1. The van der Waals surface area contributed by atoms with E-state index in [1.54, 1.807) is 25.1 Å². The van der Waals surface area contributed by atoms with Crippen molar-refractivity contribution < 1.29 is 23.4 Å². The molecule has 0 bridgehead atoms. The van der Waals surface area contributed by atoms with Crippen LogP contribution in [0.15, 0.2) is 59.1 Å². The molecule has 0 aliphatic heterocycles. The molecule has 0 aromatic heterocycles. The Morgan fingerprint density at radius 2 is 1.79 bits per heavy atom. The van der Waals surface area contributed by atoms with Crippen molar-refractivity contribution in [3.8, 4) is 11.5 Å². The van der Waals surface area contributed by atoms with Gasteiger partial charge in [0.15, 0.2) is 11.5 Å². The van der Waals surface area contributed by atoms with Crippen LogP contribution in [0.4, 0.5) is 10.1 Å². The number of nitrogens with one attached hydrogen (secondary N) is 1. The summed E-state index contributed by atoms with van der Waals surface area (Å²) in [5, 5.41) is 3.63. The number of carbonyl (C=O) groups excluding carboxylic acids is 1. The Morgan fingerprint density at radius 3 is 2.45 bits per heavy atom. The molecular formula is C25H24BrClFNO4. The lowest BCUT2D eigenvalue weighted by Crippen LogP contribution is -2.06. The van der Waals surface area contributed by atoms with Gasteiger partial charge in [0.25, 0.3) is 0 Å². The Hall–Kier alpha value is -2.77. The van der Waals surface area contributed by atoms with Gasteiger partial charge in [0.2, 0.25) is 0 Å². The highest BCUT2D eigenvalue weighted by atomic mass is 79.9. The van der Waals surface area contributed by atoms with Crippen molar-refractivity contribution in [2.75, 3.05) is 18.5 Å². The Kier molecular flexibility index (Phi) is 8.97. The molecule has 5 nitrogen and oxygen atoms in total. The molecule has 0 aliphatic rings. The van der Waals surface area contributed by atoms with Gasteiger partial charge in [-0.15, -0.1) is 0 Å². The van der Waals surface area contributed by atoms with E-state index in [9.17, 15) is 9.18 Å². The van der Waals surface area contributed by atoms with Gasteiger partial charge in [-0.25, -0.2) is 9.18 Å². The van der Waals surface area contributed by atoms with Gasteiger partial charge in [-0.05, 0) is 83.9 Å². The van der Waals surface area contributed by atoms with Crippen molar-refractivity contribution >= 4 is 39.2 Å². The van der Waals surface area contributed by atoms with Crippen LogP contribution in [-0.4, -0.2) is 19.2 Å². The van der Waals surface area contributed by atoms with E-state index in [4.69, 9.17) is 25.8 Å². The molecule has 0 atom stereocenters. The summed E-state index contributed by atoms with van der Waals surface area (Å²) in [6.07, 6.45) is 0. The van der Waals surface area contributed by atoms with Crippen LogP contribution >= 0.6 is 27.5 Å². The largest absolute Gasteiger partial charge is 0.490 e. The fourth-order valence-corrected chi connectivity index (χ4v) is 3.88. The summed E-state index contributed by atoms with van der Waals surface area (Å²) in [6.45, 7) is 5.17. The highest BCUT2D eigenvalue weighted by molar-refractivity contribution is 9.10. The molecule has 3 aromatic rings. The van der Waals surface area contributed by atoms with Crippen molar-refractivity contribution in [1.29, 1.82) is 0 Å². The van der Waals surface area contributed by atoms with Crippen LogP contribution in [0.25, 0.3) is 0 Å². The molecule has 3 aromatic carbocycles. The first-order valence-electron chi connectivity index (χ1n) is 10.4. The molecular weight excluding hydrogens is 513 g/mol. The average molecular weight is 537 g/mol. The minimum Gasteiger partial charge on any atom is -0.490 e. The van der Waals surface area contributed by atoms with Gasteiger partial charge in [-0.3, -0.25) is 0 Å². The van der Waals surface area contributed by atoms with Gasteiger partial charge in [-0.2, -0.15) is 0 Å². The topological polar surface area (TPSA) is 56.8 Å². The molecule has 8 heteroatoms. The third-order valence-electron chi connectivity index (χ3n) is 4.65. The van der Waals surface area contributed by atoms with Gasteiger partial charge in [0.05, 0.1) is 28.3 Å². The van der Waals surface area contributed by atoms with E-state index in [2.05, 4.69) is 21.2 Å². The predicted molar refractivity (Wildman–Crippen MR) is 131 cm³/mol. The SMILES string of the molecule is CCOC(=O)c1ccc(NCc2cc(Br)c(OCc3ccc(F)cc3Cl)c(OCC)c2)cc1. The third kappa shape index (κ3) is 6.85. The second kappa shape index (κ2) is 11.9. The van der Waals surface area contributed by atoms with Crippen molar-refractivity contribution in [1.82, 2.24) is 0 Å². The normalized spacial score (nSPS) is 10.6. The van der Waals surface area contributed by atoms with Crippen LogP contribution in [-0.2, 0) is 17.9 Å². The molecule has 174 valence electrons. The standard InChI is InChI=1S/C25H24BrClFNO4/c1-3-31-23-12-16(14-29-20-9-6-17(7-10-20)25(30)32-4-2)11-21(26)24(23)33-15-18-5-8-19(28)13-22(18)27/h5-13,29H,3-4,14-15H2,1-2H3. The van der Waals surface area contributed by atoms with Gasteiger partial charge < -0.3 is 19.5 Å². The molecule has 3 rings (SSSR count). The van der Waals surface area contributed by atoms with E-state index < -0.39 is 5.82 Å². The van der Waals surface area contributed by atoms with E-state index >= 15 is 0 Å². The zero-order valence-electron chi connectivity index (χ0n) is 18.3. The summed E-state index contributed by atoms with van der Waals surface area (Å²) in [7, 11) is 0. The van der Waals surface area contributed by atoms with Crippen LogP contribution in [0, 0.1) is 5.82 Å². The van der Waals surface area contributed by atoms with Crippen LogP contribution < -0.4 is 14.8 Å². The van der Waals surface area contributed by atoms with Crippen molar-refractivity contribution in [3.05, 3.63) is 86.6 Å². The van der Waals surface area contributed by atoms with E-state index in [0.29, 0.717) is 47.4 Å². The number of rotatable bonds is 10. The number of hydrogen-bond acceptors (Lipinski definition) is 5. The summed E-state index contributed by atoms with van der Waals surface area (Å²) < 4.78 is 30.8. The number of benzene rings is 3. The first-order chi connectivity index (χ1) is 15.9. The van der Waals surface area contributed by atoms with Gasteiger partial charge >= 0.3 is 5.97 Å². The summed E-state index contributed by atoms with van der Waals surface area (Å²) in [5.74, 6) is 0.388. The third-order valence-corrected chi connectivity index (χ3v) is 5.59. The number of esters is 1. The maximum Gasteiger partial charge on any atom is 0.338 e. The summed E-state index contributed by atoms with van der Waals surface area (Å²) in [5.41, 5.74) is 3.01. The number of anilines is 1. The monoisotopic (exact) mass is 535 g/mol. The molecule has 0 heterocycles. The molecule has 0 saturated carbocycles. The molecule has 0 amide bonds.